The lowest BCUT2D eigenvalue weighted by Crippen LogP contribution is -2.21. The van der Waals surface area contributed by atoms with Crippen molar-refractivity contribution in [1.29, 1.82) is 0 Å². The summed E-state index contributed by atoms with van der Waals surface area (Å²) >= 11 is 3.38. The van der Waals surface area contributed by atoms with Gasteiger partial charge < -0.3 is 15.6 Å². The van der Waals surface area contributed by atoms with E-state index in [9.17, 15) is 4.79 Å². The van der Waals surface area contributed by atoms with Crippen molar-refractivity contribution in [2.24, 2.45) is 11.7 Å². The SMILES string of the molecule is NC(C(=O)O)c1ccc(OCC2CCC2)c(Br)c1. The zero-order chi connectivity index (χ0) is 13.1. The van der Waals surface area contributed by atoms with E-state index in [0.29, 0.717) is 11.5 Å². The zero-order valence-electron chi connectivity index (χ0n) is 9.93. The Hall–Kier alpha value is -1.07. The van der Waals surface area contributed by atoms with Gasteiger partial charge in [-0.25, -0.2) is 0 Å². The number of aliphatic carboxylic acids is 1. The van der Waals surface area contributed by atoms with Gasteiger partial charge in [0.05, 0.1) is 11.1 Å². The molecule has 0 radical (unpaired) electrons. The summed E-state index contributed by atoms with van der Waals surface area (Å²) in [7, 11) is 0. The third-order valence-electron chi connectivity index (χ3n) is 3.28. The fourth-order valence-electron chi connectivity index (χ4n) is 1.84. The highest BCUT2D eigenvalue weighted by atomic mass is 79.9. The minimum absolute atomic E-state index is 0.561. The molecule has 1 fully saturated rings. The normalized spacial score (nSPS) is 17.0. The second-order valence-corrected chi connectivity index (χ2v) is 5.47. The summed E-state index contributed by atoms with van der Waals surface area (Å²) in [5, 5.41) is 8.84. The molecular weight excluding hydrogens is 298 g/mol. The maximum atomic E-state index is 10.8. The van der Waals surface area contributed by atoms with Gasteiger partial charge in [0.25, 0.3) is 0 Å². The van der Waals surface area contributed by atoms with Crippen molar-refractivity contribution in [1.82, 2.24) is 0 Å². The Morgan fingerprint density at radius 2 is 2.28 bits per heavy atom. The van der Waals surface area contributed by atoms with Gasteiger partial charge in [0.15, 0.2) is 0 Å². The summed E-state index contributed by atoms with van der Waals surface area (Å²) in [4.78, 5) is 10.8. The molecule has 1 unspecified atom stereocenters. The molecule has 0 saturated heterocycles. The molecule has 0 aliphatic heterocycles. The molecule has 98 valence electrons. The molecule has 2 rings (SSSR count). The summed E-state index contributed by atoms with van der Waals surface area (Å²) in [5.74, 6) is 0.367. The van der Waals surface area contributed by atoms with Crippen LogP contribution in [0.15, 0.2) is 22.7 Å². The number of carboxylic acids is 1. The van der Waals surface area contributed by atoms with Crippen molar-refractivity contribution in [2.45, 2.75) is 25.3 Å². The average Bonchev–Trinajstić information content (AvgIpc) is 2.27. The van der Waals surface area contributed by atoms with Gasteiger partial charge in [-0.2, -0.15) is 0 Å². The molecule has 1 atom stereocenters. The molecule has 1 saturated carbocycles. The molecule has 1 aromatic rings. The average molecular weight is 314 g/mol. The highest BCUT2D eigenvalue weighted by Gasteiger charge is 2.19. The fourth-order valence-corrected chi connectivity index (χ4v) is 2.35. The number of hydrogen-bond acceptors (Lipinski definition) is 3. The van der Waals surface area contributed by atoms with Crippen LogP contribution in [0.1, 0.15) is 30.9 Å². The highest BCUT2D eigenvalue weighted by Crippen LogP contribution is 2.31. The van der Waals surface area contributed by atoms with Crippen LogP contribution in [-0.2, 0) is 4.79 Å². The Bertz CT molecular complexity index is 446. The summed E-state index contributed by atoms with van der Waals surface area (Å²) in [6.07, 6.45) is 3.76. The summed E-state index contributed by atoms with van der Waals surface area (Å²) in [6.45, 7) is 0.725. The number of halogens is 1. The molecule has 18 heavy (non-hydrogen) atoms. The standard InChI is InChI=1S/C13H16BrNO3/c14-10-6-9(12(15)13(16)17)4-5-11(10)18-7-8-2-1-3-8/h4-6,8,12H,1-3,7,15H2,(H,16,17). The Kier molecular flexibility index (Phi) is 4.24. The predicted octanol–water partition coefficient (Wildman–Crippen LogP) is 2.71. The largest absolute Gasteiger partial charge is 0.492 e. The molecule has 5 heteroatoms. The van der Waals surface area contributed by atoms with Gasteiger partial charge in [0, 0.05) is 0 Å². The number of nitrogens with two attached hydrogens (primary N) is 1. The lowest BCUT2D eigenvalue weighted by atomic mass is 9.86. The molecule has 0 amide bonds. The van der Waals surface area contributed by atoms with Crippen LogP contribution in [0.4, 0.5) is 0 Å². The number of rotatable bonds is 5. The topological polar surface area (TPSA) is 72.6 Å². The zero-order valence-corrected chi connectivity index (χ0v) is 11.5. The second kappa shape index (κ2) is 5.71. The van der Waals surface area contributed by atoms with E-state index in [1.165, 1.54) is 19.3 Å². The predicted molar refractivity (Wildman–Crippen MR) is 71.5 cm³/mol. The van der Waals surface area contributed by atoms with E-state index in [2.05, 4.69) is 15.9 Å². The lowest BCUT2D eigenvalue weighted by Gasteiger charge is -2.25. The van der Waals surface area contributed by atoms with Gasteiger partial charge in [-0.05, 0) is 52.4 Å². The Labute approximate surface area is 114 Å². The lowest BCUT2D eigenvalue weighted by molar-refractivity contribution is -0.138. The van der Waals surface area contributed by atoms with Gasteiger partial charge >= 0.3 is 5.97 Å². The number of ether oxygens (including phenoxy) is 1. The van der Waals surface area contributed by atoms with Gasteiger partial charge in [-0.15, -0.1) is 0 Å². The molecular formula is C13H16BrNO3. The third-order valence-corrected chi connectivity index (χ3v) is 3.90. The quantitative estimate of drug-likeness (QED) is 0.876. The number of carbonyl (C=O) groups is 1. The monoisotopic (exact) mass is 313 g/mol. The van der Waals surface area contributed by atoms with Gasteiger partial charge in [0.2, 0.25) is 0 Å². The minimum atomic E-state index is -1.04. The van der Waals surface area contributed by atoms with Crippen LogP contribution in [0, 0.1) is 5.92 Å². The fraction of sp³-hybridized carbons (Fsp3) is 0.462. The Balaban J connectivity index is 2.02. The minimum Gasteiger partial charge on any atom is -0.492 e. The Morgan fingerprint density at radius 3 is 2.78 bits per heavy atom. The van der Waals surface area contributed by atoms with Crippen LogP contribution in [0.2, 0.25) is 0 Å². The Morgan fingerprint density at radius 1 is 1.56 bits per heavy atom. The van der Waals surface area contributed by atoms with E-state index in [4.69, 9.17) is 15.6 Å². The first-order valence-electron chi connectivity index (χ1n) is 5.98. The number of hydrogen-bond donors (Lipinski definition) is 2. The smallest absolute Gasteiger partial charge is 0.325 e. The molecule has 0 heterocycles. The van der Waals surface area contributed by atoms with Gasteiger partial charge in [-0.3, -0.25) is 4.79 Å². The first kappa shape index (κ1) is 13.4. The van der Waals surface area contributed by atoms with Crippen molar-refractivity contribution < 1.29 is 14.6 Å². The number of carboxylic acid groups (broad SMARTS) is 1. The van der Waals surface area contributed by atoms with Crippen LogP contribution < -0.4 is 10.5 Å². The molecule has 1 aliphatic rings. The summed E-state index contributed by atoms with van der Waals surface area (Å²) in [5.41, 5.74) is 6.11. The van der Waals surface area contributed by atoms with Crippen molar-refractivity contribution in [2.75, 3.05) is 6.61 Å². The highest BCUT2D eigenvalue weighted by molar-refractivity contribution is 9.10. The van der Waals surface area contributed by atoms with Crippen molar-refractivity contribution in [3.05, 3.63) is 28.2 Å². The summed E-state index contributed by atoms with van der Waals surface area (Å²) in [6, 6.07) is 4.16. The molecule has 1 aliphatic carbocycles. The van der Waals surface area contributed by atoms with E-state index >= 15 is 0 Å². The first-order valence-corrected chi connectivity index (χ1v) is 6.78. The van der Waals surface area contributed by atoms with E-state index in [0.717, 1.165) is 16.8 Å². The van der Waals surface area contributed by atoms with Crippen LogP contribution in [0.25, 0.3) is 0 Å². The van der Waals surface area contributed by atoms with Crippen molar-refractivity contribution >= 4 is 21.9 Å². The first-order chi connectivity index (χ1) is 8.58. The van der Waals surface area contributed by atoms with E-state index in [1.807, 2.05) is 0 Å². The van der Waals surface area contributed by atoms with E-state index < -0.39 is 12.0 Å². The molecule has 0 spiro atoms. The van der Waals surface area contributed by atoms with Crippen LogP contribution in [0.3, 0.4) is 0 Å². The molecule has 0 aromatic heterocycles. The van der Waals surface area contributed by atoms with Crippen LogP contribution >= 0.6 is 15.9 Å². The molecule has 4 nitrogen and oxygen atoms in total. The molecule has 3 N–H and O–H groups in total. The third kappa shape index (κ3) is 3.03. The second-order valence-electron chi connectivity index (χ2n) is 4.61. The van der Waals surface area contributed by atoms with Crippen LogP contribution in [0.5, 0.6) is 5.75 Å². The number of benzene rings is 1. The van der Waals surface area contributed by atoms with E-state index in [-0.39, 0.29) is 0 Å². The van der Waals surface area contributed by atoms with Crippen molar-refractivity contribution in [3.63, 3.8) is 0 Å². The van der Waals surface area contributed by atoms with Gasteiger partial charge in [0.1, 0.15) is 11.8 Å². The summed E-state index contributed by atoms with van der Waals surface area (Å²) < 4.78 is 6.45. The van der Waals surface area contributed by atoms with Gasteiger partial charge in [-0.1, -0.05) is 12.5 Å². The van der Waals surface area contributed by atoms with E-state index in [1.54, 1.807) is 18.2 Å². The molecule has 0 bridgehead atoms. The maximum Gasteiger partial charge on any atom is 0.325 e. The molecule has 1 aromatic carbocycles. The van der Waals surface area contributed by atoms with Crippen LogP contribution in [-0.4, -0.2) is 17.7 Å². The maximum absolute atomic E-state index is 10.8. The van der Waals surface area contributed by atoms with Crippen molar-refractivity contribution in [3.8, 4) is 5.75 Å².